The Labute approximate surface area is 133 Å². The molecule has 2 aromatic carbocycles. The normalized spacial score (nSPS) is 11.6. The van der Waals surface area contributed by atoms with E-state index in [1.165, 1.54) is 5.56 Å². The van der Waals surface area contributed by atoms with Gasteiger partial charge >= 0.3 is 0 Å². The lowest BCUT2D eigenvalue weighted by molar-refractivity contribution is 0.0283. The average Bonchev–Trinajstić information content (AvgIpc) is 2.54. The van der Waals surface area contributed by atoms with Crippen LogP contribution in [0.3, 0.4) is 0 Å². The van der Waals surface area contributed by atoms with Crippen molar-refractivity contribution >= 4 is 0 Å². The predicted octanol–water partition coefficient (Wildman–Crippen LogP) is 5.02. The van der Waals surface area contributed by atoms with E-state index in [9.17, 15) is 10.2 Å². The van der Waals surface area contributed by atoms with Crippen LogP contribution in [0.5, 0.6) is 5.75 Å². The summed E-state index contributed by atoms with van der Waals surface area (Å²) in [7, 11) is 0. The van der Waals surface area contributed by atoms with Crippen LogP contribution in [0.4, 0.5) is 0 Å². The molecule has 0 saturated heterocycles. The molecule has 0 unspecified atom stereocenters. The molecule has 118 valence electrons. The van der Waals surface area contributed by atoms with Crippen molar-refractivity contribution in [2.24, 2.45) is 0 Å². The largest absolute Gasteiger partial charge is 0.508 e. The van der Waals surface area contributed by atoms with E-state index in [1.54, 1.807) is 12.1 Å². The molecular weight excluding hydrogens is 272 g/mol. The zero-order chi connectivity index (χ0) is 16.2. The summed E-state index contributed by atoms with van der Waals surface area (Å²) >= 11 is 0. The van der Waals surface area contributed by atoms with Crippen LogP contribution in [0.15, 0.2) is 42.5 Å². The Hall–Kier alpha value is -1.80. The Bertz CT molecular complexity index is 627. The van der Waals surface area contributed by atoms with Gasteiger partial charge < -0.3 is 10.2 Å². The predicted molar refractivity (Wildman–Crippen MR) is 92.0 cm³/mol. The third kappa shape index (κ3) is 3.33. The quantitative estimate of drug-likeness (QED) is 0.786. The Balaban J connectivity index is 2.52. The van der Waals surface area contributed by atoms with Gasteiger partial charge in [0, 0.05) is 0 Å². The molecule has 0 saturated carbocycles. The fourth-order valence-electron chi connectivity index (χ4n) is 2.97. The van der Waals surface area contributed by atoms with Crippen molar-refractivity contribution < 1.29 is 10.2 Å². The third-order valence-corrected chi connectivity index (χ3v) is 4.49. The second-order valence-electron chi connectivity index (χ2n) is 5.91. The molecule has 0 heterocycles. The van der Waals surface area contributed by atoms with Gasteiger partial charge in [-0.15, -0.1) is 0 Å². The van der Waals surface area contributed by atoms with Crippen molar-refractivity contribution in [3.05, 3.63) is 53.6 Å². The van der Waals surface area contributed by atoms with Crippen molar-refractivity contribution in [3.63, 3.8) is 0 Å². The molecule has 2 heteroatoms. The van der Waals surface area contributed by atoms with E-state index in [4.69, 9.17) is 0 Å². The monoisotopic (exact) mass is 298 g/mol. The molecule has 0 spiro atoms. The second-order valence-corrected chi connectivity index (χ2v) is 5.91. The third-order valence-electron chi connectivity index (χ3n) is 4.49. The Kier molecular flexibility index (Phi) is 5.25. The first-order chi connectivity index (χ1) is 10.5. The lowest BCUT2D eigenvalue weighted by atomic mass is 9.85. The number of phenols is 1. The minimum atomic E-state index is -0.750. The number of rotatable bonds is 6. The minimum absolute atomic E-state index is 0.280. The van der Waals surface area contributed by atoms with Gasteiger partial charge in [0.2, 0.25) is 0 Å². The van der Waals surface area contributed by atoms with Gasteiger partial charge in [-0.25, -0.2) is 0 Å². The van der Waals surface area contributed by atoms with E-state index in [-0.39, 0.29) is 5.75 Å². The summed E-state index contributed by atoms with van der Waals surface area (Å²) in [4.78, 5) is 0. The smallest absolute Gasteiger partial charge is 0.116 e. The maximum absolute atomic E-state index is 10.8. The van der Waals surface area contributed by atoms with Crippen molar-refractivity contribution in [3.8, 4) is 16.9 Å². The van der Waals surface area contributed by atoms with Crippen molar-refractivity contribution in [2.45, 2.75) is 52.1 Å². The Morgan fingerprint density at radius 1 is 0.955 bits per heavy atom. The molecule has 0 radical (unpaired) electrons. The first-order valence-corrected chi connectivity index (χ1v) is 8.19. The van der Waals surface area contributed by atoms with Crippen LogP contribution in [0.25, 0.3) is 11.1 Å². The molecule has 0 aliphatic rings. The molecule has 2 rings (SSSR count). The standard InChI is InChI=1S/C20H26O2/c1-4-8-15-13-17(20(22,5-2)6-3)11-12-19(15)16-9-7-10-18(21)14-16/h7,9-14,21-22H,4-6,8H2,1-3H3. The van der Waals surface area contributed by atoms with Crippen LogP contribution in [-0.4, -0.2) is 10.2 Å². The number of aromatic hydroxyl groups is 1. The zero-order valence-corrected chi connectivity index (χ0v) is 13.8. The van der Waals surface area contributed by atoms with Crippen molar-refractivity contribution in [1.29, 1.82) is 0 Å². The van der Waals surface area contributed by atoms with Crippen LogP contribution in [0.1, 0.15) is 51.2 Å². The Morgan fingerprint density at radius 2 is 1.68 bits per heavy atom. The highest BCUT2D eigenvalue weighted by Gasteiger charge is 2.25. The number of hydrogen-bond acceptors (Lipinski definition) is 2. The molecule has 2 nitrogen and oxygen atoms in total. The van der Waals surface area contributed by atoms with Gasteiger partial charge in [-0.2, -0.15) is 0 Å². The highest BCUT2D eigenvalue weighted by atomic mass is 16.3. The minimum Gasteiger partial charge on any atom is -0.508 e. The first kappa shape index (κ1) is 16.6. The highest BCUT2D eigenvalue weighted by molar-refractivity contribution is 5.69. The van der Waals surface area contributed by atoms with Gasteiger partial charge in [0.15, 0.2) is 0 Å². The Morgan fingerprint density at radius 3 is 2.27 bits per heavy atom. The molecule has 2 N–H and O–H groups in total. The zero-order valence-electron chi connectivity index (χ0n) is 13.8. The van der Waals surface area contributed by atoms with Gasteiger partial charge in [0.05, 0.1) is 5.60 Å². The summed E-state index contributed by atoms with van der Waals surface area (Å²) in [5.74, 6) is 0.280. The van der Waals surface area contributed by atoms with E-state index in [1.807, 2.05) is 32.0 Å². The van der Waals surface area contributed by atoms with Gasteiger partial charge in [-0.3, -0.25) is 0 Å². The summed E-state index contributed by atoms with van der Waals surface area (Å²) in [5, 5.41) is 20.5. The molecule has 0 aliphatic carbocycles. The van der Waals surface area contributed by atoms with Gasteiger partial charge in [0.25, 0.3) is 0 Å². The van der Waals surface area contributed by atoms with E-state index >= 15 is 0 Å². The van der Waals surface area contributed by atoms with Gasteiger partial charge in [0.1, 0.15) is 5.75 Å². The molecule has 0 aliphatic heterocycles. The maximum atomic E-state index is 10.8. The molecule has 0 fully saturated rings. The average molecular weight is 298 g/mol. The molecule has 22 heavy (non-hydrogen) atoms. The van der Waals surface area contributed by atoms with E-state index in [0.29, 0.717) is 12.8 Å². The highest BCUT2D eigenvalue weighted by Crippen LogP contribution is 2.34. The fraction of sp³-hybridized carbons (Fsp3) is 0.400. The van der Waals surface area contributed by atoms with Crippen LogP contribution >= 0.6 is 0 Å². The number of benzene rings is 2. The van der Waals surface area contributed by atoms with Crippen LogP contribution in [-0.2, 0) is 12.0 Å². The van der Waals surface area contributed by atoms with Gasteiger partial charge in [-0.1, -0.05) is 57.5 Å². The molecule has 0 amide bonds. The van der Waals surface area contributed by atoms with E-state index in [2.05, 4.69) is 19.1 Å². The molecule has 0 aromatic heterocycles. The van der Waals surface area contributed by atoms with Crippen LogP contribution < -0.4 is 0 Å². The first-order valence-electron chi connectivity index (χ1n) is 8.19. The summed E-state index contributed by atoms with van der Waals surface area (Å²) < 4.78 is 0. The maximum Gasteiger partial charge on any atom is 0.116 e. The lowest BCUT2D eigenvalue weighted by Gasteiger charge is -2.27. The molecule has 2 aromatic rings. The van der Waals surface area contributed by atoms with Crippen LogP contribution in [0, 0.1) is 0 Å². The SMILES string of the molecule is CCCc1cc(C(O)(CC)CC)ccc1-c1cccc(O)c1. The van der Waals surface area contributed by atoms with Gasteiger partial charge in [-0.05, 0) is 53.6 Å². The summed E-state index contributed by atoms with van der Waals surface area (Å²) in [5.41, 5.74) is 3.62. The number of aliphatic hydroxyl groups is 1. The fourth-order valence-corrected chi connectivity index (χ4v) is 2.97. The molecular formula is C20H26O2. The number of phenolic OH excluding ortho intramolecular Hbond substituents is 1. The molecule has 0 atom stereocenters. The van der Waals surface area contributed by atoms with Crippen molar-refractivity contribution in [2.75, 3.05) is 0 Å². The molecule has 0 bridgehead atoms. The summed E-state index contributed by atoms with van der Waals surface area (Å²) in [6.07, 6.45) is 3.43. The van der Waals surface area contributed by atoms with E-state index < -0.39 is 5.60 Å². The van der Waals surface area contributed by atoms with Crippen LogP contribution in [0.2, 0.25) is 0 Å². The number of hydrogen-bond donors (Lipinski definition) is 2. The summed E-state index contributed by atoms with van der Waals surface area (Å²) in [6.45, 7) is 6.20. The van der Waals surface area contributed by atoms with Crippen molar-refractivity contribution in [1.82, 2.24) is 0 Å². The second kappa shape index (κ2) is 6.97. The summed E-state index contributed by atoms with van der Waals surface area (Å²) in [6, 6.07) is 13.6. The van der Waals surface area contributed by atoms with E-state index in [0.717, 1.165) is 29.5 Å². The topological polar surface area (TPSA) is 40.5 Å². The number of aryl methyl sites for hydroxylation is 1. The lowest BCUT2D eigenvalue weighted by Crippen LogP contribution is -2.23.